The minimum absolute atomic E-state index is 0.0565. The number of ether oxygens (including phenoxy) is 1. The van der Waals surface area contributed by atoms with E-state index in [1.165, 1.54) is 18.2 Å². The molecule has 2 rings (SSSR count). The molecule has 0 amide bonds. The Kier molecular flexibility index (Phi) is 4.12. The number of benzene rings is 2. The highest BCUT2D eigenvalue weighted by Gasteiger charge is 2.06. The summed E-state index contributed by atoms with van der Waals surface area (Å²) >= 11 is 0. The van der Waals surface area contributed by atoms with Crippen LogP contribution >= 0.6 is 0 Å². The summed E-state index contributed by atoms with van der Waals surface area (Å²) in [5.74, 6) is -0.321. The highest BCUT2D eigenvalue weighted by molar-refractivity contribution is 5.33. The third kappa shape index (κ3) is 3.29. The molecule has 0 saturated heterocycles. The van der Waals surface area contributed by atoms with E-state index < -0.39 is 0 Å². The molecule has 0 aliphatic heterocycles. The number of halogens is 2. The van der Waals surface area contributed by atoms with Crippen LogP contribution in [0.3, 0.4) is 0 Å². The molecule has 0 unspecified atom stereocenters. The maximum absolute atomic E-state index is 13.7. The van der Waals surface area contributed by atoms with Gasteiger partial charge < -0.3 is 10.5 Å². The molecule has 2 nitrogen and oxygen atoms in total. The van der Waals surface area contributed by atoms with Crippen LogP contribution in [0.2, 0.25) is 0 Å². The molecule has 0 aliphatic rings. The van der Waals surface area contributed by atoms with Crippen LogP contribution in [0.25, 0.3) is 0 Å². The summed E-state index contributed by atoms with van der Waals surface area (Å²) in [6.07, 6.45) is 0. The fourth-order valence-corrected chi connectivity index (χ4v) is 1.72. The minimum Gasteiger partial charge on any atom is -0.488 e. The molecule has 0 aromatic heterocycles. The van der Waals surface area contributed by atoms with Gasteiger partial charge >= 0.3 is 0 Å². The fourth-order valence-electron chi connectivity index (χ4n) is 1.72. The van der Waals surface area contributed by atoms with Gasteiger partial charge in [-0.3, -0.25) is 0 Å². The number of hydrogen-bond acceptors (Lipinski definition) is 2. The molecular weight excluding hydrogens is 248 g/mol. The van der Waals surface area contributed by atoms with Crippen LogP contribution in [0.4, 0.5) is 8.78 Å². The Labute approximate surface area is 110 Å². The molecule has 4 heteroatoms. The molecule has 2 aromatic rings. The van der Waals surface area contributed by atoms with Gasteiger partial charge in [-0.1, -0.05) is 18.2 Å². The molecule has 0 spiro atoms. The van der Waals surface area contributed by atoms with E-state index in [1.54, 1.807) is 18.2 Å². The van der Waals surface area contributed by atoms with Crippen molar-refractivity contribution < 1.29 is 13.5 Å². The first-order valence-corrected chi connectivity index (χ1v) is 5.96. The van der Waals surface area contributed by atoms with Crippen LogP contribution in [0.15, 0.2) is 36.4 Å². The van der Waals surface area contributed by atoms with Gasteiger partial charge in [0.15, 0.2) is 0 Å². The standard InChI is InChI=1S/C15H15F2NO/c1-10-2-5-13(16)7-15(10)19-9-12-4-3-11(8-18)6-14(12)17/h2-7H,8-9,18H2,1H3. The van der Waals surface area contributed by atoms with Crippen molar-refractivity contribution in [3.05, 3.63) is 64.7 Å². The summed E-state index contributed by atoms with van der Waals surface area (Å²) in [4.78, 5) is 0. The smallest absolute Gasteiger partial charge is 0.130 e. The molecule has 100 valence electrons. The first kappa shape index (κ1) is 13.5. The Morgan fingerprint density at radius 2 is 1.89 bits per heavy atom. The van der Waals surface area contributed by atoms with Crippen LogP contribution < -0.4 is 10.5 Å². The van der Waals surface area contributed by atoms with Crippen molar-refractivity contribution in [3.63, 3.8) is 0 Å². The lowest BCUT2D eigenvalue weighted by atomic mass is 10.1. The van der Waals surface area contributed by atoms with Crippen molar-refractivity contribution in [2.24, 2.45) is 5.73 Å². The van der Waals surface area contributed by atoms with Gasteiger partial charge in [-0.2, -0.15) is 0 Å². The summed E-state index contributed by atoms with van der Waals surface area (Å²) in [6, 6.07) is 9.04. The van der Waals surface area contributed by atoms with Crippen molar-refractivity contribution in [2.75, 3.05) is 0 Å². The number of rotatable bonds is 4. The van der Waals surface area contributed by atoms with Crippen molar-refractivity contribution in [2.45, 2.75) is 20.1 Å². The predicted molar refractivity (Wildman–Crippen MR) is 69.8 cm³/mol. The van der Waals surface area contributed by atoms with Gasteiger partial charge in [-0.05, 0) is 30.2 Å². The maximum Gasteiger partial charge on any atom is 0.130 e. The zero-order valence-corrected chi connectivity index (χ0v) is 10.6. The van der Waals surface area contributed by atoms with E-state index in [0.717, 1.165) is 11.1 Å². The number of nitrogens with two attached hydrogens (primary N) is 1. The third-order valence-electron chi connectivity index (χ3n) is 2.89. The van der Waals surface area contributed by atoms with Crippen LogP contribution in [0, 0.1) is 18.6 Å². The molecule has 0 aliphatic carbocycles. The fraction of sp³-hybridized carbons (Fsp3) is 0.200. The van der Waals surface area contributed by atoms with E-state index in [-0.39, 0.29) is 18.2 Å². The maximum atomic E-state index is 13.7. The van der Waals surface area contributed by atoms with E-state index in [4.69, 9.17) is 10.5 Å². The first-order chi connectivity index (χ1) is 9.10. The second-order valence-corrected chi connectivity index (χ2v) is 4.33. The first-order valence-electron chi connectivity index (χ1n) is 5.96. The van der Waals surface area contributed by atoms with E-state index in [1.807, 2.05) is 6.92 Å². The van der Waals surface area contributed by atoms with Crippen molar-refractivity contribution >= 4 is 0 Å². The molecule has 0 fully saturated rings. The summed E-state index contributed by atoms with van der Waals surface area (Å²) in [5, 5.41) is 0. The molecule has 19 heavy (non-hydrogen) atoms. The second kappa shape index (κ2) is 5.80. The molecule has 0 saturated carbocycles. The van der Waals surface area contributed by atoms with Gasteiger partial charge in [0.05, 0.1) is 0 Å². The van der Waals surface area contributed by atoms with E-state index in [0.29, 0.717) is 17.9 Å². The number of aryl methyl sites for hydroxylation is 1. The molecule has 0 heterocycles. The third-order valence-corrected chi connectivity index (χ3v) is 2.89. The largest absolute Gasteiger partial charge is 0.488 e. The van der Waals surface area contributed by atoms with Crippen LogP contribution in [0.5, 0.6) is 5.75 Å². The summed E-state index contributed by atoms with van der Waals surface area (Å²) in [7, 11) is 0. The molecular formula is C15H15F2NO. The van der Waals surface area contributed by atoms with Crippen LogP contribution in [-0.4, -0.2) is 0 Å². The zero-order valence-electron chi connectivity index (χ0n) is 10.6. The summed E-state index contributed by atoms with van der Waals surface area (Å²) in [6.45, 7) is 2.16. The van der Waals surface area contributed by atoms with E-state index >= 15 is 0 Å². The molecule has 2 N–H and O–H groups in total. The topological polar surface area (TPSA) is 35.2 Å². The molecule has 2 aromatic carbocycles. The van der Waals surface area contributed by atoms with Gasteiger partial charge in [-0.25, -0.2) is 8.78 Å². The Morgan fingerprint density at radius 1 is 1.11 bits per heavy atom. The Bertz CT molecular complexity index is 584. The van der Waals surface area contributed by atoms with Gasteiger partial charge in [0.1, 0.15) is 24.0 Å². The molecule has 0 bridgehead atoms. The second-order valence-electron chi connectivity index (χ2n) is 4.33. The Morgan fingerprint density at radius 3 is 2.58 bits per heavy atom. The lowest BCUT2D eigenvalue weighted by Gasteiger charge is -2.10. The lowest BCUT2D eigenvalue weighted by Crippen LogP contribution is -2.02. The zero-order chi connectivity index (χ0) is 13.8. The van der Waals surface area contributed by atoms with Gasteiger partial charge in [0.2, 0.25) is 0 Å². The SMILES string of the molecule is Cc1ccc(F)cc1OCc1ccc(CN)cc1F. The monoisotopic (exact) mass is 263 g/mol. The van der Waals surface area contributed by atoms with Crippen LogP contribution in [0.1, 0.15) is 16.7 Å². The van der Waals surface area contributed by atoms with Crippen LogP contribution in [-0.2, 0) is 13.2 Å². The minimum atomic E-state index is -0.375. The van der Waals surface area contributed by atoms with Crippen molar-refractivity contribution in [3.8, 4) is 5.75 Å². The quantitative estimate of drug-likeness (QED) is 0.918. The average Bonchev–Trinajstić information content (AvgIpc) is 2.40. The van der Waals surface area contributed by atoms with Crippen molar-refractivity contribution in [1.82, 2.24) is 0 Å². The highest BCUT2D eigenvalue weighted by Crippen LogP contribution is 2.21. The Balaban J connectivity index is 2.12. The Hall–Kier alpha value is -1.94. The number of hydrogen-bond donors (Lipinski definition) is 1. The van der Waals surface area contributed by atoms with E-state index in [9.17, 15) is 8.78 Å². The lowest BCUT2D eigenvalue weighted by molar-refractivity contribution is 0.296. The highest BCUT2D eigenvalue weighted by atomic mass is 19.1. The molecule has 0 atom stereocenters. The van der Waals surface area contributed by atoms with E-state index in [2.05, 4.69) is 0 Å². The van der Waals surface area contributed by atoms with Gasteiger partial charge in [0, 0.05) is 18.2 Å². The van der Waals surface area contributed by atoms with Gasteiger partial charge in [0.25, 0.3) is 0 Å². The van der Waals surface area contributed by atoms with Gasteiger partial charge in [-0.15, -0.1) is 0 Å². The normalized spacial score (nSPS) is 10.5. The van der Waals surface area contributed by atoms with Crippen molar-refractivity contribution in [1.29, 1.82) is 0 Å². The summed E-state index contributed by atoms with van der Waals surface area (Å²) < 4.78 is 32.2. The molecule has 0 radical (unpaired) electrons. The predicted octanol–water partition coefficient (Wildman–Crippen LogP) is 3.31. The summed E-state index contributed by atoms with van der Waals surface area (Å²) in [5.41, 5.74) is 7.38. The average molecular weight is 263 g/mol.